The molecule has 1 unspecified atom stereocenters. The minimum atomic E-state index is -0.741. The predicted octanol–water partition coefficient (Wildman–Crippen LogP) is 0.210. The first-order chi connectivity index (χ1) is 7.72. The Hall–Kier alpha value is -0.980. The standard InChI is InChI=1S/C10H19N3O3/c1-4-5-13-9(11-7-12-13)6-8(14)10(15-2)16-3/h7-8,10,14H,4-6H2,1-3H3. The topological polar surface area (TPSA) is 69.4 Å². The Morgan fingerprint density at radius 1 is 1.44 bits per heavy atom. The summed E-state index contributed by atoms with van der Waals surface area (Å²) in [6.07, 6.45) is 1.46. The van der Waals surface area contributed by atoms with Crippen molar-refractivity contribution >= 4 is 0 Å². The van der Waals surface area contributed by atoms with Crippen LogP contribution >= 0.6 is 0 Å². The van der Waals surface area contributed by atoms with Crippen molar-refractivity contribution in [2.24, 2.45) is 0 Å². The molecule has 6 nitrogen and oxygen atoms in total. The normalized spacial score (nSPS) is 13.3. The number of aliphatic hydroxyl groups is 1. The lowest BCUT2D eigenvalue weighted by molar-refractivity contribution is -0.163. The van der Waals surface area contributed by atoms with Crippen LogP contribution in [0.4, 0.5) is 0 Å². The molecular formula is C10H19N3O3. The van der Waals surface area contributed by atoms with Crippen LogP contribution in [0.15, 0.2) is 6.33 Å². The molecule has 1 N–H and O–H groups in total. The lowest BCUT2D eigenvalue weighted by atomic mass is 10.2. The Kier molecular flexibility index (Phi) is 5.37. The summed E-state index contributed by atoms with van der Waals surface area (Å²) in [5.74, 6) is 0.744. The highest BCUT2D eigenvalue weighted by Gasteiger charge is 2.20. The molecule has 0 aliphatic carbocycles. The van der Waals surface area contributed by atoms with Gasteiger partial charge in [0.2, 0.25) is 0 Å². The molecular weight excluding hydrogens is 210 g/mol. The molecule has 0 aliphatic heterocycles. The van der Waals surface area contributed by atoms with Crippen LogP contribution in [0.3, 0.4) is 0 Å². The molecule has 6 heteroatoms. The van der Waals surface area contributed by atoms with Gasteiger partial charge >= 0.3 is 0 Å². The predicted molar refractivity (Wildman–Crippen MR) is 57.8 cm³/mol. The highest BCUT2D eigenvalue weighted by Crippen LogP contribution is 2.07. The van der Waals surface area contributed by atoms with Gasteiger partial charge in [0.05, 0.1) is 0 Å². The second-order valence-electron chi connectivity index (χ2n) is 3.51. The van der Waals surface area contributed by atoms with E-state index in [1.54, 1.807) is 4.68 Å². The second kappa shape index (κ2) is 6.57. The molecule has 0 amide bonds. The molecule has 0 fully saturated rings. The zero-order chi connectivity index (χ0) is 12.0. The lowest BCUT2D eigenvalue weighted by Crippen LogP contribution is -2.32. The van der Waals surface area contributed by atoms with E-state index in [-0.39, 0.29) is 0 Å². The van der Waals surface area contributed by atoms with Gasteiger partial charge in [0.15, 0.2) is 6.29 Å². The molecule has 0 saturated carbocycles. The Morgan fingerprint density at radius 2 is 2.12 bits per heavy atom. The van der Waals surface area contributed by atoms with E-state index in [0.717, 1.165) is 18.8 Å². The maximum Gasteiger partial charge on any atom is 0.183 e. The van der Waals surface area contributed by atoms with Crippen LogP contribution in [0.1, 0.15) is 19.2 Å². The molecule has 0 bridgehead atoms. The zero-order valence-corrected chi connectivity index (χ0v) is 9.96. The number of methoxy groups -OCH3 is 2. The van der Waals surface area contributed by atoms with Gasteiger partial charge in [-0.15, -0.1) is 0 Å². The highest BCUT2D eigenvalue weighted by atomic mass is 16.7. The minimum Gasteiger partial charge on any atom is -0.387 e. The third-order valence-corrected chi connectivity index (χ3v) is 2.30. The molecule has 0 saturated heterocycles. The molecule has 16 heavy (non-hydrogen) atoms. The van der Waals surface area contributed by atoms with Gasteiger partial charge in [-0.25, -0.2) is 4.98 Å². The Morgan fingerprint density at radius 3 is 2.69 bits per heavy atom. The van der Waals surface area contributed by atoms with Crippen LogP contribution < -0.4 is 0 Å². The number of aliphatic hydroxyl groups excluding tert-OH is 1. The monoisotopic (exact) mass is 229 g/mol. The van der Waals surface area contributed by atoms with E-state index in [1.807, 2.05) is 0 Å². The van der Waals surface area contributed by atoms with Crippen LogP contribution in [0.2, 0.25) is 0 Å². The maximum absolute atomic E-state index is 9.84. The number of aromatic nitrogens is 3. The lowest BCUT2D eigenvalue weighted by Gasteiger charge is -2.19. The van der Waals surface area contributed by atoms with Crippen molar-refractivity contribution in [3.8, 4) is 0 Å². The van der Waals surface area contributed by atoms with Crippen molar-refractivity contribution in [2.45, 2.75) is 38.7 Å². The Balaban J connectivity index is 2.61. The van der Waals surface area contributed by atoms with Crippen LogP contribution in [0.25, 0.3) is 0 Å². The van der Waals surface area contributed by atoms with Crippen molar-refractivity contribution < 1.29 is 14.6 Å². The van der Waals surface area contributed by atoms with E-state index in [2.05, 4.69) is 17.0 Å². The first-order valence-corrected chi connectivity index (χ1v) is 5.33. The second-order valence-corrected chi connectivity index (χ2v) is 3.51. The first kappa shape index (κ1) is 13.1. The zero-order valence-electron chi connectivity index (χ0n) is 9.96. The molecule has 1 heterocycles. The average Bonchev–Trinajstić information content (AvgIpc) is 2.68. The Bertz CT molecular complexity index is 299. The number of hydrogen-bond donors (Lipinski definition) is 1. The molecule has 0 aliphatic rings. The molecule has 1 aromatic heterocycles. The summed E-state index contributed by atoms with van der Waals surface area (Å²) in [5.41, 5.74) is 0. The maximum atomic E-state index is 9.84. The number of nitrogens with zero attached hydrogens (tertiary/aromatic N) is 3. The van der Waals surface area contributed by atoms with E-state index in [0.29, 0.717) is 6.42 Å². The fourth-order valence-electron chi connectivity index (χ4n) is 1.54. The van der Waals surface area contributed by atoms with E-state index in [4.69, 9.17) is 9.47 Å². The smallest absolute Gasteiger partial charge is 0.183 e. The number of aryl methyl sites for hydroxylation is 1. The van der Waals surface area contributed by atoms with Crippen molar-refractivity contribution in [3.63, 3.8) is 0 Å². The van der Waals surface area contributed by atoms with Crippen molar-refractivity contribution in [3.05, 3.63) is 12.2 Å². The average molecular weight is 229 g/mol. The minimum absolute atomic E-state index is 0.367. The number of hydrogen-bond acceptors (Lipinski definition) is 5. The molecule has 0 radical (unpaired) electrons. The molecule has 1 atom stereocenters. The molecule has 0 spiro atoms. The van der Waals surface area contributed by atoms with Gasteiger partial charge in [0.25, 0.3) is 0 Å². The quantitative estimate of drug-likeness (QED) is 0.677. The third kappa shape index (κ3) is 3.26. The van der Waals surface area contributed by atoms with Gasteiger partial charge in [-0.05, 0) is 6.42 Å². The first-order valence-electron chi connectivity index (χ1n) is 5.33. The van der Waals surface area contributed by atoms with Gasteiger partial charge < -0.3 is 14.6 Å². The third-order valence-electron chi connectivity index (χ3n) is 2.30. The fraction of sp³-hybridized carbons (Fsp3) is 0.800. The van der Waals surface area contributed by atoms with Crippen LogP contribution in [-0.2, 0) is 22.4 Å². The summed E-state index contributed by atoms with van der Waals surface area (Å²) in [6.45, 7) is 2.86. The van der Waals surface area contributed by atoms with E-state index < -0.39 is 12.4 Å². The summed E-state index contributed by atoms with van der Waals surface area (Å²) in [6, 6.07) is 0. The van der Waals surface area contributed by atoms with Gasteiger partial charge in [0, 0.05) is 27.2 Å². The van der Waals surface area contributed by atoms with Crippen LogP contribution in [0.5, 0.6) is 0 Å². The van der Waals surface area contributed by atoms with Crippen LogP contribution in [-0.4, -0.2) is 46.5 Å². The van der Waals surface area contributed by atoms with Gasteiger partial charge in [-0.2, -0.15) is 5.10 Å². The summed E-state index contributed by atoms with van der Waals surface area (Å²) in [5, 5.41) is 13.9. The summed E-state index contributed by atoms with van der Waals surface area (Å²) >= 11 is 0. The van der Waals surface area contributed by atoms with Gasteiger partial charge in [-0.3, -0.25) is 4.68 Å². The Labute approximate surface area is 95.2 Å². The summed E-state index contributed by atoms with van der Waals surface area (Å²) in [4.78, 5) is 4.11. The molecule has 1 aromatic rings. The van der Waals surface area contributed by atoms with Gasteiger partial charge in [-0.1, -0.05) is 6.92 Å². The summed E-state index contributed by atoms with van der Waals surface area (Å²) in [7, 11) is 2.99. The van der Waals surface area contributed by atoms with E-state index in [9.17, 15) is 5.11 Å². The summed E-state index contributed by atoms with van der Waals surface area (Å²) < 4.78 is 11.7. The largest absolute Gasteiger partial charge is 0.387 e. The number of ether oxygens (including phenoxy) is 2. The van der Waals surface area contributed by atoms with E-state index >= 15 is 0 Å². The van der Waals surface area contributed by atoms with Gasteiger partial charge in [0.1, 0.15) is 18.3 Å². The van der Waals surface area contributed by atoms with E-state index in [1.165, 1.54) is 20.5 Å². The van der Waals surface area contributed by atoms with Crippen LogP contribution in [0, 0.1) is 0 Å². The van der Waals surface area contributed by atoms with Crippen molar-refractivity contribution in [1.82, 2.24) is 14.8 Å². The molecule has 92 valence electrons. The highest BCUT2D eigenvalue weighted by molar-refractivity contribution is 4.88. The van der Waals surface area contributed by atoms with Crippen molar-refractivity contribution in [1.29, 1.82) is 0 Å². The van der Waals surface area contributed by atoms with Crippen molar-refractivity contribution in [2.75, 3.05) is 14.2 Å². The SMILES string of the molecule is CCCn1ncnc1CC(O)C(OC)OC. The molecule has 1 rings (SSSR count). The molecule has 0 aromatic carbocycles. The number of rotatable bonds is 7. The fourth-order valence-corrected chi connectivity index (χ4v) is 1.54.